The van der Waals surface area contributed by atoms with Crippen molar-refractivity contribution in [3.05, 3.63) is 16.6 Å². The molecule has 0 radical (unpaired) electrons. The molecule has 0 saturated heterocycles. The summed E-state index contributed by atoms with van der Waals surface area (Å²) in [5.41, 5.74) is 2.26. The largest absolute Gasteiger partial charge is 0.348 e. The van der Waals surface area contributed by atoms with E-state index in [4.69, 9.17) is 0 Å². The molecule has 1 amide bonds. The van der Waals surface area contributed by atoms with Gasteiger partial charge in [-0.25, -0.2) is 4.98 Å². The maximum absolute atomic E-state index is 11.8. The van der Waals surface area contributed by atoms with E-state index in [0.29, 0.717) is 11.7 Å². The first-order valence-electron chi connectivity index (χ1n) is 6.05. The quantitative estimate of drug-likeness (QED) is 0.860. The summed E-state index contributed by atoms with van der Waals surface area (Å²) < 4.78 is 0. The lowest BCUT2D eigenvalue weighted by molar-refractivity contribution is 0.0926. The van der Waals surface area contributed by atoms with Crippen molar-refractivity contribution in [1.82, 2.24) is 10.3 Å². The Bertz CT molecular complexity index is 316. The van der Waals surface area contributed by atoms with Gasteiger partial charge in [0.1, 0.15) is 5.69 Å². The van der Waals surface area contributed by atoms with E-state index in [0.717, 1.165) is 12.8 Å². The van der Waals surface area contributed by atoms with Crippen LogP contribution >= 0.6 is 11.3 Å². The van der Waals surface area contributed by atoms with E-state index in [1.807, 2.05) is 0 Å². The monoisotopic (exact) mass is 238 g/mol. The van der Waals surface area contributed by atoms with Crippen LogP contribution < -0.4 is 5.32 Å². The van der Waals surface area contributed by atoms with Gasteiger partial charge >= 0.3 is 0 Å². The number of nitrogens with one attached hydrogen (secondary N) is 1. The van der Waals surface area contributed by atoms with Crippen molar-refractivity contribution in [3.63, 3.8) is 0 Å². The van der Waals surface area contributed by atoms with E-state index in [1.165, 1.54) is 43.4 Å². The molecular formula is C12H18N2OS. The fraction of sp³-hybridized carbons (Fsp3) is 0.667. The van der Waals surface area contributed by atoms with E-state index in [-0.39, 0.29) is 5.91 Å². The molecule has 0 bridgehead atoms. The molecule has 1 saturated carbocycles. The lowest BCUT2D eigenvalue weighted by Crippen LogP contribution is -2.35. The van der Waals surface area contributed by atoms with Crippen LogP contribution in [0.15, 0.2) is 10.9 Å². The van der Waals surface area contributed by atoms with E-state index in [9.17, 15) is 4.79 Å². The molecular weight excluding hydrogens is 220 g/mol. The minimum absolute atomic E-state index is 0.00757. The zero-order valence-electron chi connectivity index (χ0n) is 9.45. The van der Waals surface area contributed by atoms with Gasteiger partial charge in [-0.05, 0) is 12.8 Å². The number of carbonyl (C=O) groups excluding carboxylic acids is 1. The second-order valence-electron chi connectivity index (χ2n) is 4.39. The first-order chi connectivity index (χ1) is 7.86. The number of thiazole rings is 1. The number of rotatable bonds is 2. The number of hydrogen-bond acceptors (Lipinski definition) is 3. The second kappa shape index (κ2) is 5.99. The van der Waals surface area contributed by atoms with Crippen LogP contribution in [0.2, 0.25) is 0 Å². The molecule has 0 atom stereocenters. The van der Waals surface area contributed by atoms with Gasteiger partial charge in [-0.1, -0.05) is 32.1 Å². The fourth-order valence-electron chi connectivity index (χ4n) is 2.18. The van der Waals surface area contributed by atoms with Crippen LogP contribution in [-0.4, -0.2) is 16.9 Å². The number of aromatic nitrogens is 1. The highest BCUT2D eigenvalue weighted by Crippen LogP contribution is 2.17. The Kier molecular flexibility index (Phi) is 4.34. The predicted molar refractivity (Wildman–Crippen MR) is 65.7 cm³/mol. The molecule has 1 aliphatic carbocycles. The Labute approximate surface area is 100 Å². The lowest BCUT2D eigenvalue weighted by atomic mass is 9.97. The average molecular weight is 238 g/mol. The molecule has 16 heavy (non-hydrogen) atoms. The number of nitrogens with zero attached hydrogens (tertiary/aromatic N) is 1. The van der Waals surface area contributed by atoms with E-state index in [1.54, 1.807) is 10.9 Å². The van der Waals surface area contributed by atoms with Gasteiger partial charge in [-0.2, -0.15) is 0 Å². The van der Waals surface area contributed by atoms with Crippen molar-refractivity contribution in [3.8, 4) is 0 Å². The maximum atomic E-state index is 11.8. The molecule has 0 aromatic carbocycles. The highest BCUT2D eigenvalue weighted by atomic mass is 32.1. The van der Waals surface area contributed by atoms with Crippen LogP contribution in [0.5, 0.6) is 0 Å². The van der Waals surface area contributed by atoms with Crippen molar-refractivity contribution in [2.24, 2.45) is 0 Å². The fourth-order valence-corrected chi connectivity index (χ4v) is 2.72. The molecule has 0 aliphatic heterocycles. The molecule has 88 valence electrons. The molecule has 1 aromatic heterocycles. The van der Waals surface area contributed by atoms with Crippen LogP contribution in [0, 0.1) is 0 Å². The zero-order valence-corrected chi connectivity index (χ0v) is 10.3. The number of amides is 1. The van der Waals surface area contributed by atoms with Crippen LogP contribution in [-0.2, 0) is 0 Å². The molecule has 1 N–H and O–H groups in total. The summed E-state index contributed by atoms with van der Waals surface area (Å²) in [5.74, 6) is -0.00757. The number of hydrogen-bond donors (Lipinski definition) is 1. The molecule has 0 spiro atoms. The summed E-state index contributed by atoms with van der Waals surface area (Å²) in [6.45, 7) is 0. The normalized spacial score (nSPS) is 18.8. The highest BCUT2D eigenvalue weighted by Gasteiger charge is 2.15. The Morgan fingerprint density at radius 1 is 1.25 bits per heavy atom. The van der Waals surface area contributed by atoms with Crippen molar-refractivity contribution in [1.29, 1.82) is 0 Å². The van der Waals surface area contributed by atoms with Gasteiger partial charge in [-0.3, -0.25) is 4.79 Å². The smallest absolute Gasteiger partial charge is 0.270 e. The standard InChI is InChI=1S/C12H18N2OS/c15-12(11-8-16-9-13-11)14-10-6-4-2-1-3-5-7-10/h8-10H,1-7H2,(H,14,15). The van der Waals surface area contributed by atoms with Crippen LogP contribution in [0.4, 0.5) is 0 Å². The minimum atomic E-state index is -0.00757. The molecule has 2 rings (SSSR count). The average Bonchev–Trinajstić information content (AvgIpc) is 2.74. The summed E-state index contributed by atoms with van der Waals surface area (Å²) >= 11 is 1.47. The van der Waals surface area contributed by atoms with Crippen molar-refractivity contribution in [2.75, 3.05) is 0 Å². The van der Waals surface area contributed by atoms with E-state index >= 15 is 0 Å². The number of carbonyl (C=O) groups is 1. The second-order valence-corrected chi connectivity index (χ2v) is 5.11. The van der Waals surface area contributed by atoms with Gasteiger partial charge in [0.25, 0.3) is 5.91 Å². The van der Waals surface area contributed by atoms with Gasteiger partial charge in [0, 0.05) is 11.4 Å². The van der Waals surface area contributed by atoms with Crippen molar-refractivity contribution >= 4 is 17.2 Å². The van der Waals surface area contributed by atoms with Crippen molar-refractivity contribution < 1.29 is 4.79 Å². The lowest BCUT2D eigenvalue weighted by Gasteiger charge is -2.20. The summed E-state index contributed by atoms with van der Waals surface area (Å²) in [6, 6.07) is 0.356. The summed E-state index contributed by atoms with van der Waals surface area (Å²) in [6.07, 6.45) is 8.69. The Hall–Kier alpha value is -0.900. The first-order valence-corrected chi connectivity index (χ1v) is 6.99. The molecule has 0 unspecified atom stereocenters. The Balaban J connectivity index is 1.85. The SMILES string of the molecule is O=C(NC1CCCCCCC1)c1cscn1. The molecule has 1 aliphatic rings. The van der Waals surface area contributed by atoms with Crippen LogP contribution in [0.3, 0.4) is 0 Å². The Morgan fingerprint density at radius 2 is 1.94 bits per heavy atom. The minimum Gasteiger partial charge on any atom is -0.348 e. The van der Waals surface area contributed by atoms with Gasteiger partial charge in [0.15, 0.2) is 0 Å². The molecule has 3 nitrogen and oxygen atoms in total. The summed E-state index contributed by atoms with van der Waals surface area (Å²) in [5, 5.41) is 4.90. The maximum Gasteiger partial charge on any atom is 0.270 e. The molecule has 1 fully saturated rings. The zero-order chi connectivity index (χ0) is 11.2. The first kappa shape index (κ1) is 11.6. The van der Waals surface area contributed by atoms with Gasteiger partial charge in [0.05, 0.1) is 5.51 Å². The summed E-state index contributed by atoms with van der Waals surface area (Å²) in [4.78, 5) is 15.8. The van der Waals surface area contributed by atoms with Crippen LogP contribution in [0.1, 0.15) is 55.4 Å². The topological polar surface area (TPSA) is 42.0 Å². The molecule has 1 heterocycles. The van der Waals surface area contributed by atoms with Crippen LogP contribution in [0.25, 0.3) is 0 Å². The highest BCUT2D eigenvalue weighted by molar-refractivity contribution is 7.07. The third kappa shape index (κ3) is 3.30. The Morgan fingerprint density at radius 3 is 2.56 bits per heavy atom. The van der Waals surface area contributed by atoms with Crippen molar-refractivity contribution in [2.45, 2.75) is 51.0 Å². The van der Waals surface area contributed by atoms with E-state index < -0.39 is 0 Å². The molecule has 4 heteroatoms. The molecule has 1 aromatic rings. The summed E-state index contributed by atoms with van der Waals surface area (Å²) in [7, 11) is 0. The third-order valence-electron chi connectivity index (χ3n) is 3.11. The van der Waals surface area contributed by atoms with Gasteiger partial charge in [0.2, 0.25) is 0 Å². The third-order valence-corrected chi connectivity index (χ3v) is 3.69. The van der Waals surface area contributed by atoms with Gasteiger partial charge < -0.3 is 5.32 Å². The predicted octanol–water partition coefficient (Wildman–Crippen LogP) is 2.99. The van der Waals surface area contributed by atoms with Gasteiger partial charge in [-0.15, -0.1) is 11.3 Å². The van der Waals surface area contributed by atoms with E-state index in [2.05, 4.69) is 10.3 Å².